The second-order valence-electron chi connectivity index (χ2n) is 6.65. The van der Waals surface area contributed by atoms with E-state index in [1.807, 2.05) is 31.2 Å². The van der Waals surface area contributed by atoms with Crippen LogP contribution < -0.4 is 20.5 Å². The lowest BCUT2D eigenvalue weighted by Crippen LogP contribution is -2.35. The zero-order valence-corrected chi connectivity index (χ0v) is 17.4. The smallest absolute Gasteiger partial charge is 0.258 e. The minimum absolute atomic E-state index is 0.0958. The van der Waals surface area contributed by atoms with Gasteiger partial charge in [-0.15, -0.1) is 0 Å². The molecule has 0 radical (unpaired) electrons. The molecule has 1 amide bonds. The summed E-state index contributed by atoms with van der Waals surface area (Å²) in [5, 5.41) is 9.88. The molecular weight excluding hydrogens is 406 g/mol. The molecule has 0 saturated heterocycles. The van der Waals surface area contributed by atoms with Gasteiger partial charge in [0.05, 0.1) is 30.3 Å². The molecule has 10 heteroatoms. The molecule has 9 nitrogen and oxygen atoms in total. The number of guanidine groups is 1. The SMILES string of the molecule is COc1ccc(NS(C)(=O)=O)c2c(C(=O)NC(=N)N)cc(-c3ccccc3C)nc12. The number of rotatable bonds is 5. The van der Waals surface area contributed by atoms with Crippen LogP contribution in [0.25, 0.3) is 22.2 Å². The number of nitrogens with zero attached hydrogens (tertiary/aromatic N) is 1. The molecule has 0 saturated carbocycles. The summed E-state index contributed by atoms with van der Waals surface area (Å²) in [6.07, 6.45) is 1.01. The monoisotopic (exact) mass is 427 g/mol. The molecule has 3 rings (SSSR count). The van der Waals surface area contributed by atoms with Crippen LogP contribution in [-0.4, -0.2) is 38.6 Å². The number of amides is 1. The van der Waals surface area contributed by atoms with E-state index in [1.54, 1.807) is 6.07 Å². The Morgan fingerprint density at radius 3 is 2.50 bits per heavy atom. The van der Waals surface area contributed by atoms with Gasteiger partial charge in [0.15, 0.2) is 5.96 Å². The number of carbonyl (C=O) groups excluding carboxylic acids is 1. The Bertz CT molecular complexity index is 1270. The van der Waals surface area contributed by atoms with Crippen molar-refractivity contribution in [2.45, 2.75) is 6.92 Å². The Labute approximate surface area is 173 Å². The highest BCUT2D eigenvalue weighted by Gasteiger charge is 2.21. The molecular formula is C20H21N5O4S. The van der Waals surface area contributed by atoms with Crippen LogP contribution in [0.4, 0.5) is 5.69 Å². The summed E-state index contributed by atoms with van der Waals surface area (Å²) in [6, 6.07) is 12.1. The Morgan fingerprint density at radius 2 is 1.90 bits per heavy atom. The first kappa shape index (κ1) is 21.1. The van der Waals surface area contributed by atoms with E-state index in [1.165, 1.54) is 19.2 Å². The van der Waals surface area contributed by atoms with Crippen molar-refractivity contribution in [2.75, 3.05) is 18.1 Å². The van der Waals surface area contributed by atoms with Gasteiger partial charge in [0.25, 0.3) is 5.91 Å². The van der Waals surface area contributed by atoms with E-state index in [0.717, 1.165) is 17.4 Å². The van der Waals surface area contributed by atoms with Crippen LogP contribution in [0.5, 0.6) is 5.75 Å². The van der Waals surface area contributed by atoms with Crippen molar-refractivity contribution >= 4 is 38.5 Å². The highest BCUT2D eigenvalue weighted by Crippen LogP contribution is 2.36. The second kappa shape index (κ2) is 7.99. The number of aryl methyl sites for hydroxylation is 1. The standard InChI is InChI=1S/C20H21N5O4S/c1-11-6-4-5-7-12(11)15-10-13(19(26)24-20(21)22)17-14(25-30(3,27)28)8-9-16(29-2)18(17)23-15/h4-10,25H,1-3H3,(H4,21,22,24,26). The average molecular weight is 427 g/mol. The molecule has 2 aromatic carbocycles. The molecule has 0 bridgehead atoms. The predicted molar refractivity (Wildman–Crippen MR) is 116 cm³/mol. The number of pyridine rings is 1. The van der Waals surface area contributed by atoms with E-state index in [9.17, 15) is 13.2 Å². The molecule has 1 heterocycles. The zero-order chi connectivity index (χ0) is 22.1. The number of hydrogen-bond acceptors (Lipinski definition) is 6. The number of ether oxygens (including phenoxy) is 1. The number of hydrogen-bond donors (Lipinski definition) is 4. The summed E-state index contributed by atoms with van der Waals surface area (Å²) in [4.78, 5) is 17.5. The first-order valence-corrected chi connectivity index (χ1v) is 10.7. The fourth-order valence-electron chi connectivity index (χ4n) is 3.13. The summed E-state index contributed by atoms with van der Waals surface area (Å²) in [7, 11) is -2.19. The summed E-state index contributed by atoms with van der Waals surface area (Å²) in [6.45, 7) is 1.91. The Hall–Kier alpha value is -3.66. The molecule has 1 aromatic heterocycles. The van der Waals surface area contributed by atoms with E-state index in [-0.39, 0.29) is 16.6 Å². The molecule has 156 valence electrons. The molecule has 0 aliphatic carbocycles. The predicted octanol–water partition coefficient (Wildman–Crippen LogP) is 2.21. The Kier molecular flexibility index (Phi) is 5.61. The van der Waals surface area contributed by atoms with Gasteiger partial charge in [0, 0.05) is 10.9 Å². The third-order valence-electron chi connectivity index (χ3n) is 4.35. The zero-order valence-electron chi connectivity index (χ0n) is 16.6. The fourth-order valence-corrected chi connectivity index (χ4v) is 3.70. The Morgan fingerprint density at radius 1 is 1.20 bits per heavy atom. The molecule has 0 fully saturated rings. The number of sulfonamides is 1. The lowest BCUT2D eigenvalue weighted by molar-refractivity contribution is 0.0978. The van der Waals surface area contributed by atoms with Gasteiger partial charge in [-0.1, -0.05) is 24.3 Å². The summed E-state index contributed by atoms with van der Waals surface area (Å²) >= 11 is 0. The number of nitrogens with one attached hydrogen (secondary N) is 3. The van der Waals surface area contributed by atoms with Crippen molar-refractivity contribution in [1.29, 1.82) is 5.41 Å². The van der Waals surface area contributed by atoms with Crippen LogP contribution in [-0.2, 0) is 10.0 Å². The van der Waals surface area contributed by atoms with E-state index < -0.39 is 21.9 Å². The van der Waals surface area contributed by atoms with E-state index in [4.69, 9.17) is 15.9 Å². The van der Waals surface area contributed by atoms with Gasteiger partial charge < -0.3 is 10.5 Å². The van der Waals surface area contributed by atoms with Crippen LogP contribution >= 0.6 is 0 Å². The van der Waals surface area contributed by atoms with Crippen molar-refractivity contribution in [3.8, 4) is 17.0 Å². The van der Waals surface area contributed by atoms with Crippen molar-refractivity contribution in [3.63, 3.8) is 0 Å². The third kappa shape index (κ3) is 4.33. The highest BCUT2D eigenvalue weighted by molar-refractivity contribution is 7.92. The van der Waals surface area contributed by atoms with Crippen molar-refractivity contribution < 1.29 is 17.9 Å². The number of carbonyl (C=O) groups is 1. The molecule has 0 spiro atoms. The van der Waals surface area contributed by atoms with Gasteiger partial charge in [0.2, 0.25) is 10.0 Å². The first-order chi connectivity index (χ1) is 14.1. The lowest BCUT2D eigenvalue weighted by atomic mass is 9.99. The normalized spacial score (nSPS) is 11.2. The van der Waals surface area contributed by atoms with Gasteiger partial charge in [-0.05, 0) is 30.7 Å². The number of anilines is 1. The molecule has 0 atom stereocenters. The number of fused-ring (bicyclic) bond motifs is 1. The van der Waals surface area contributed by atoms with Crippen LogP contribution in [0.1, 0.15) is 15.9 Å². The highest BCUT2D eigenvalue weighted by atomic mass is 32.2. The van der Waals surface area contributed by atoms with Crippen molar-refractivity contribution in [2.24, 2.45) is 5.73 Å². The summed E-state index contributed by atoms with van der Waals surface area (Å²) in [5.41, 5.74) is 8.11. The van der Waals surface area contributed by atoms with Crippen LogP contribution in [0, 0.1) is 12.3 Å². The fraction of sp³-hybridized carbons (Fsp3) is 0.150. The molecule has 0 aliphatic heterocycles. The van der Waals surface area contributed by atoms with Crippen LogP contribution in [0.3, 0.4) is 0 Å². The second-order valence-corrected chi connectivity index (χ2v) is 8.40. The van der Waals surface area contributed by atoms with Crippen LogP contribution in [0.15, 0.2) is 42.5 Å². The van der Waals surface area contributed by atoms with Crippen LogP contribution in [0.2, 0.25) is 0 Å². The first-order valence-electron chi connectivity index (χ1n) is 8.81. The number of benzene rings is 2. The maximum atomic E-state index is 12.9. The molecule has 5 N–H and O–H groups in total. The van der Waals surface area contributed by atoms with Gasteiger partial charge in [0.1, 0.15) is 11.3 Å². The topological polar surface area (TPSA) is 147 Å². The third-order valence-corrected chi connectivity index (χ3v) is 4.94. The number of aromatic nitrogens is 1. The van der Waals surface area contributed by atoms with Crippen molar-refractivity contribution in [1.82, 2.24) is 10.3 Å². The average Bonchev–Trinajstić information content (AvgIpc) is 2.66. The molecule has 0 unspecified atom stereocenters. The van der Waals surface area contributed by atoms with E-state index in [2.05, 4.69) is 15.0 Å². The maximum Gasteiger partial charge on any atom is 0.258 e. The van der Waals surface area contributed by atoms with Gasteiger partial charge in [-0.3, -0.25) is 20.2 Å². The summed E-state index contributed by atoms with van der Waals surface area (Å²) < 4.78 is 31.6. The quantitative estimate of drug-likeness (QED) is 0.362. The number of methoxy groups -OCH3 is 1. The maximum absolute atomic E-state index is 12.9. The number of nitrogens with two attached hydrogens (primary N) is 1. The molecule has 30 heavy (non-hydrogen) atoms. The van der Waals surface area contributed by atoms with E-state index >= 15 is 0 Å². The Balaban J connectivity index is 2.42. The summed E-state index contributed by atoms with van der Waals surface area (Å²) in [5.74, 6) is -0.853. The molecule has 0 aliphatic rings. The van der Waals surface area contributed by atoms with Crippen molar-refractivity contribution in [3.05, 3.63) is 53.6 Å². The van der Waals surface area contributed by atoms with Gasteiger partial charge >= 0.3 is 0 Å². The van der Waals surface area contributed by atoms with Gasteiger partial charge in [-0.2, -0.15) is 0 Å². The minimum Gasteiger partial charge on any atom is -0.494 e. The van der Waals surface area contributed by atoms with E-state index in [0.29, 0.717) is 17.0 Å². The molecule has 3 aromatic rings. The minimum atomic E-state index is -3.64. The largest absolute Gasteiger partial charge is 0.494 e. The lowest BCUT2D eigenvalue weighted by Gasteiger charge is -2.16. The van der Waals surface area contributed by atoms with Gasteiger partial charge in [-0.25, -0.2) is 13.4 Å².